The zero-order valence-electron chi connectivity index (χ0n) is 15.4. The van der Waals surface area contributed by atoms with Crippen LogP contribution >= 0.6 is 34.5 Å². The number of hydrogen-bond donors (Lipinski definition) is 2. The lowest BCUT2D eigenvalue weighted by Crippen LogP contribution is -2.18. The summed E-state index contributed by atoms with van der Waals surface area (Å²) in [5.41, 5.74) is 2.60. The number of anilines is 2. The standard InChI is InChI=1S/C22H18Cl2N2O2S/c23-13-9-11-14(12-10-13)25-21(28)19-16-6-2-4-8-18(16)29-22(19)26-20(27)15-5-1-3-7-17(15)24/h1,3,5,7,9-12H,2,4,6,8H2,(H,25,28)(H,26,27). The van der Waals surface area contributed by atoms with Crippen molar-refractivity contribution in [1.29, 1.82) is 0 Å². The summed E-state index contributed by atoms with van der Waals surface area (Å²) in [6, 6.07) is 13.8. The summed E-state index contributed by atoms with van der Waals surface area (Å²) in [5, 5.41) is 7.37. The number of rotatable bonds is 4. The second-order valence-corrected chi connectivity index (χ2v) is 8.76. The molecule has 0 spiro atoms. The second-order valence-electron chi connectivity index (χ2n) is 6.81. The third-order valence-electron chi connectivity index (χ3n) is 4.85. The molecule has 2 N–H and O–H groups in total. The van der Waals surface area contributed by atoms with Crippen LogP contribution < -0.4 is 10.6 Å². The normalized spacial score (nSPS) is 12.9. The summed E-state index contributed by atoms with van der Waals surface area (Å²) in [7, 11) is 0. The van der Waals surface area contributed by atoms with E-state index in [1.54, 1.807) is 48.5 Å². The van der Waals surface area contributed by atoms with E-state index in [1.807, 2.05) is 0 Å². The first kappa shape index (κ1) is 20.0. The maximum Gasteiger partial charge on any atom is 0.258 e. The minimum absolute atomic E-state index is 0.235. The molecule has 0 bridgehead atoms. The van der Waals surface area contributed by atoms with Crippen LogP contribution in [0, 0.1) is 0 Å². The molecule has 0 fully saturated rings. The van der Waals surface area contributed by atoms with Crippen LogP contribution in [0.3, 0.4) is 0 Å². The van der Waals surface area contributed by atoms with Crippen molar-refractivity contribution in [2.45, 2.75) is 25.7 Å². The minimum atomic E-state index is -0.324. The lowest BCUT2D eigenvalue weighted by molar-refractivity contribution is 0.102. The summed E-state index contributed by atoms with van der Waals surface area (Å²) in [6.07, 6.45) is 3.87. The Balaban J connectivity index is 1.66. The highest BCUT2D eigenvalue weighted by atomic mass is 35.5. The highest BCUT2D eigenvalue weighted by molar-refractivity contribution is 7.17. The van der Waals surface area contributed by atoms with Gasteiger partial charge in [-0.25, -0.2) is 0 Å². The van der Waals surface area contributed by atoms with Gasteiger partial charge in [-0.3, -0.25) is 9.59 Å². The Morgan fingerprint density at radius 3 is 2.34 bits per heavy atom. The van der Waals surface area contributed by atoms with Crippen molar-refractivity contribution in [2.24, 2.45) is 0 Å². The van der Waals surface area contributed by atoms with Crippen LogP contribution in [0.25, 0.3) is 0 Å². The summed E-state index contributed by atoms with van der Waals surface area (Å²) in [5.74, 6) is -0.559. The van der Waals surface area contributed by atoms with E-state index in [9.17, 15) is 9.59 Å². The Bertz CT molecular complexity index is 1080. The number of thiophene rings is 1. The van der Waals surface area contributed by atoms with Crippen molar-refractivity contribution >= 4 is 57.0 Å². The molecule has 1 heterocycles. The first-order valence-electron chi connectivity index (χ1n) is 9.30. The van der Waals surface area contributed by atoms with Gasteiger partial charge >= 0.3 is 0 Å². The first-order valence-corrected chi connectivity index (χ1v) is 10.9. The van der Waals surface area contributed by atoms with Gasteiger partial charge in [0.2, 0.25) is 0 Å². The summed E-state index contributed by atoms with van der Waals surface area (Å²) < 4.78 is 0. The number of benzene rings is 2. The zero-order chi connectivity index (χ0) is 20.4. The molecule has 29 heavy (non-hydrogen) atoms. The Morgan fingerprint density at radius 2 is 1.59 bits per heavy atom. The number of fused-ring (bicyclic) bond motifs is 1. The van der Waals surface area contributed by atoms with E-state index in [0.717, 1.165) is 36.1 Å². The van der Waals surface area contributed by atoms with Gasteiger partial charge in [-0.2, -0.15) is 0 Å². The summed E-state index contributed by atoms with van der Waals surface area (Å²) in [4.78, 5) is 27.1. The van der Waals surface area contributed by atoms with Gasteiger partial charge in [-0.15, -0.1) is 11.3 Å². The number of hydrogen-bond acceptors (Lipinski definition) is 3. The molecule has 1 aliphatic rings. The maximum absolute atomic E-state index is 13.1. The maximum atomic E-state index is 13.1. The van der Waals surface area contributed by atoms with E-state index in [0.29, 0.717) is 31.9 Å². The molecule has 4 nitrogen and oxygen atoms in total. The van der Waals surface area contributed by atoms with Gasteiger partial charge in [0.15, 0.2) is 0 Å². The van der Waals surface area contributed by atoms with E-state index in [4.69, 9.17) is 23.2 Å². The van der Waals surface area contributed by atoms with Crippen molar-refractivity contribution < 1.29 is 9.59 Å². The van der Waals surface area contributed by atoms with Crippen LogP contribution in [-0.4, -0.2) is 11.8 Å². The molecule has 0 atom stereocenters. The van der Waals surface area contributed by atoms with E-state index < -0.39 is 0 Å². The molecule has 1 aliphatic carbocycles. The SMILES string of the molecule is O=C(Nc1sc2c(c1C(=O)Nc1ccc(Cl)cc1)CCCC2)c1ccccc1Cl. The van der Waals surface area contributed by atoms with E-state index >= 15 is 0 Å². The van der Waals surface area contributed by atoms with Crippen LogP contribution in [0.4, 0.5) is 10.7 Å². The molecular weight excluding hydrogens is 427 g/mol. The number of aryl methyl sites for hydroxylation is 1. The molecule has 2 amide bonds. The highest BCUT2D eigenvalue weighted by Crippen LogP contribution is 2.39. The Hall–Kier alpha value is -2.34. The molecule has 0 saturated heterocycles. The Morgan fingerprint density at radius 1 is 0.862 bits per heavy atom. The number of halogens is 2. The lowest BCUT2D eigenvalue weighted by atomic mass is 9.95. The van der Waals surface area contributed by atoms with Crippen LogP contribution in [0.1, 0.15) is 44.0 Å². The van der Waals surface area contributed by atoms with Gasteiger partial charge in [0.05, 0.1) is 16.1 Å². The van der Waals surface area contributed by atoms with Gasteiger partial charge in [0.25, 0.3) is 11.8 Å². The molecular formula is C22H18Cl2N2O2S. The fourth-order valence-corrected chi connectivity index (χ4v) is 5.07. The Kier molecular flexibility index (Phi) is 5.90. The summed E-state index contributed by atoms with van der Waals surface area (Å²) in [6.45, 7) is 0. The zero-order valence-corrected chi connectivity index (χ0v) is 17.8. The topological polar surface area (TPSA) is 58.2 Å². The molecule has 0 unspecified atom stereocenters. The number of carbonyl (C=O) groups is 2. The minimum Gasteiger partial charge on any atom is -0.322 e. The molecule has 3 aromatic rings. The highest BCUT2D eigenvalue weighted by Gasteiger charge is 2.27. The van der Waals surface area contributed by atoms with Gasteiger partial charge in [0, 0.05) is 15.6 Å². The molecule has 0 radical (unpaired) electrons. The van der Waals surface area contributed by atoms with Crippen molar-refractivity contribution in [3.8, 4) is 0 Å². The van der Waals surface area contributed by atoms with Gasteiger partial charge in [0.1, 0.15) is 5.00 Å². The van der Waals surface area contributed by atoms with Crippen molar-refractivity contribution in [1.82, 2.24) is 0 Å². The Labute approximate surface area is 182 Å². The number of carbonyl (C=O) groups excluding carboxylic acids is 2. The van der Waals surface area contributed by atoms with Crippen molar-refractivity contribution in [2.75, 3.05) is 10.6 Å². The van der Waals surface area contributed by atoms with Gasteiger partial charge in [-0.05, 0) is 67.6 Å². The molecule has 1 aromatic heterocycles. The van der Waals surface area contributed by atoms with Crippen LogP contribution in [-0.2, 0) is 12.8 Å². The van der Waals surface area contributed by atoms with E-state index in [1.165, 1.54) is 11.3 Å². The largest absolute Gasteiger partial charge is 0.322 e. The number of nitrogens with one attached hydrogen (secondary N) is 2. The molecule has 0 saturated carbocycles. The molecule has 148 valence electrons. The summed E-state index contributed by atoms with van der Waals surface area (Å²) >= 11 is 13.6. The van der Waals surface area contributed by atoms with Crippen LogP contribution in [0.5, 0.6) is 0 Å². The van der Waals surface area contributed by atoms with Crippen LogP contribution in [0.15, 0.2) is 48.5 Å². The molecule has 7 heteroatoms. The van der Waals surface area contributed by atoms with Crippen LogP contribution in [0.2, 0.25) is 10.0 Å². The average Bonchev–Trinajstić information content (AvgIpc) is 3.07. The quantitative estimate of drug-likeness (QED) is 0.486. The third-order valence-corrected chi connectivity index (χ3v) is 6.63. The molecule has 0 aliphatic heterocycles. The fourth-order valence-electron chi connectivity index (χ4n) is 3.44. The van der Waals surface area contributed by atoms with Gasteiger partial charge < -0.3 is 10.6 Å². The fraction of sp³-hybridized carbons (Fsp3) is 0.182. The first-order chi connectivity index (χ1) is 14.0. The van der Waals surface area contributed by atoms with Crippen molar-refractivity contribution in [3.05, 3.63) is 80.1 Å². The van der Waals surface area contributed by atoms with Gasteiger partial charge in [-0.1, -0.05) is 35.3 Å². The van der Waals surface area contributed by atoms with E-state index in [2.05, 4.69) is 10.6 Å². The van der Waals surface area contributed by atoms with E-state index in [-0.39, 0.29) is 11.8 Å². The lowest BCUT2D eigenvalue weighted by Gasteiger charge is -2.13. The monoisotopic (exact) mass is 444 g/mol. The predicted molar refractivity (Wildman–Crippen MR) is 120 cm³/mol. The smallest absolute Gasteiger partial charge is 0.258 e. The second kappa shape index (κ2) is 8.57. The molecule has 4 rings (SSSR count). The van der Waals surface area contributed by atoms with Crippen molar-refractivity contribution in [3.63, 3.8) is 0 Å². The third kappa shape index (κ3) is 4.32. The predicted octanol–water partition coefficient (Wildman–Crippen LogP) is 6.44. The average molecular weight is 445 g/mol. The number of amides is 2. The molecule has 2 aromatic carbocycles.